The van der Waals surface area contributed by atoms with Crippen molar-refractivity contribution >= 4 is 17.8 Å². The lowest BCUT2D eigenvalue weighted by molar-refractivity contribution is 0.122. The normalized spacial score (nSPS) is 26.0. The molecule has 0 aromatic carbocycles. The Labute approximate surface area is 125 Å². The number of ether oxygens (including phenoxy) is 1. The first-order valence-corrected chi connectivity index (χ1v) is 7.80. The van der Waals surface area contributed by atoms with E-state index in [-0.39, 0.29) is 5.95 Å². The van der Waals surface area contributed by atoms with Crippen LogP contribution in [0.3, 0.4) is 0 Å². The van der Waals surface area contributed by atoms with E-state index in [0.29, 0.717) is 31.0 Å². The van der Waals surface area contributed by atoms with Crippen molar-refractivity contribution in [2.24, 2.45) is 11.8 Å². The minimum Gasteiger partial charge on any atom is -0.378 e. The zero-order valence-corrected chi connectivity index (χ0v) is 12.6. The maximum Gasteiger partial charge on any atom is 0.232 e. The van der Waals surface area contributed by atoms with Gasteiger partial charge in [0, 0.05) is 19.6 Å². The average Bonchev–Trinajstić information content (AvgIpc) is 2.91. The first-order chi connectivity index (χ1) is 10.2. The summed E-state index contributed by atoms with van der Waals surface area (Å²) in [4.78, 5) is 15.0. The smallest absolute Gasteiger partial charge is 0.232 e. The summed E-state index contributed by atoms with van der Waals surface area (Å²) < 4.78 is 5.35. The molecule has 2 unspecified atom stereocenters. The molecule has 2 aliphatic rings. The Kier molecular flexibility index (Phi) is 4.38. The predicted molar refractivity (Wildman–Crippen MR) is 82.3 cm³/mol. The number of hydrogen-bond donors (Lipinski definition) is 2. The molecule has 1 aromatic rings. The van der Waals surface area contributed by atoms with Crippen molar-refractivity contribution in [3.63, 3.8) is 0 Å². The molecule has 0 amide bonds. The first-order valence-electron chi connectivity index (χ1n) is 7.80. The fraction of sp³-hybridized carbons (Fsp3) is 0.786. The molecule has 7 nitrogen and oxygen atoms in total. The number of anilines is 3. The van der Waals surface area contributed by atoms with E-state index in [1.165, 1.54) is 19.3 Å². The van der Waals surface area contributed by atoms with Crippen molar-refractivity contribution in [1.82, 2.24) is 15.0 Å². The highest BCUT2D eigenvalue weighted by molar-refractivity contribution is 5.42. The second-order valence-electron chi connectivity index (χ2n) is 5.97. The van der Waals surface area contributed by atoms with E-state index >= 15 is 0 Å². The van der Waals surface area contributed by atoms with Gasteiger partial charge in [0.1, 0.15) is 0 Å². The minimum atomic E-state index is 0.272. The molecule has 0 spiro atoms. The lowest BCUT2D eigenvalue weighted by atomic mass is 9.98. The van der Waals surface area contributed by atoms with E-state index in [1.54, 1.807) is 0 Å². The number of nitrogens with one attached hydrogen (secondary N) is 1. The van der Waals surface area contributed by atoms with Gasteiger partial charge in [0.05, 0.1) is 13.2 Å². The molecule has 0 bridgehead atoms. The third kappa shape index (κ3) is 3.53. The van der Waals surface area contributed by atoms with Crippen LogP contribution in [0.25, 0.3) is 0 Å². The molecule has 1 aromatic heterocycles. The fourth-order valence-corrected chi connectivity index (χ4v) is 3.11. The number of nitrogens with two attached hydrogens (primary N) is 1. The quantitative estimate of drug-likeness (QED) is 0.860. The van der Waals surface area contributed by atoms with E-state index in [1.807, 2.05) is 0 Å². The molecule has 1 aliphatic heterocycles. The van der Waals surface area contributed by atoms with Crippen LogP contribution in [0.15, 0.2) is 0 Å². The number of hydrogen-bond acceptors (Lipinski definition) is 7. The minimum absolute atomic E-state index is 0.272. The van der Waals surface area contributed by atoms with E-state index in [9.17, 15) is 0 Å². The van der Waals surface area contributed by atoms with E-state index < -0.39 is 0 Å². The van der Waals surface area contributed by atoms with E-state index in [0.717, 1.165) is 25.6 Å². The molecule has 21 heavy (non-hydrogen) atoms. The fourth-order valence-electron chi connectivity index (χ4n) is 3.11. The zero-order valence-electron chi connectivity index (χ0n) is 12.6. The maximum atomic E-state index is 5.82. The van der Waals surface area contributed by atoms with Crippen LogP contribution in [-0.2, 0) is 4.74 Å². The standard InChI is InChI=1S/C14H24N6O/c1-10-3-2-4-11(10)9-16-13-17-12(15)18-14(19-13)20-5-7-21-8-6-20/h10-11H,2-9H2,1H3,(H3,15,16,17,18,19). The van der Waals surface area contributed by atoms with Gasteiger partial charge in [0.25, 0.3) is 0 Å². The number of aromatic nitrogens is 3. The zero-order chi connectivity index (χ0) is 14.7. The summed E-state index contributed by atoms with van der Waals surface area (Å²) in [5, 5.41) is 3.34. The van der Waals surface area contributed by atoms with Crippen molar-refractivity contribution in [2.75, 3.05) is 48.8 Å². The van der Waals surface area contributed by atoms with Gasteiger partial charge in [-0.1, -0.05) is 19.8 Å². The molecular formula is C14H24N6O. The van der Waals surface area contributed by atoms with Gasteiger partial charge in [-0.25, -0.2) is 0 Å². The molecule has 116 valence electrons. The van der Waals surface area contributed by atoms with Crippen molar-refractivity contribution in [3.8, 4) is 0 Å². The van der Waals surface area contributed by atoms with Gasteiger partial charge >= 0.3 is 0 Å². The van der Waals surface area contributed by atoms with Crippen LogP contribution >= 0.6 is 0 Å². The van der Waals surface area contributed by atoms with Crippen molar-refractivity contribution < 1.29 is 4.74 Å². The van der Waals surface area contributed by atoms with Crippen LogP contribution in [0, 0.1) is 11.8 Å². The third-order valence-electron chi connectivity index (χ3n) is 4.50. The molecule has 7 heteroatoms. The van der Waals surface area contributed by atoms with Gasteiger partial charge in [-0.05, 0) is 18.3 Å². The molecule has 2 atom stereocenters. The Balaban J connectivity index is 1.65. The Hall–Kier alpha value is -1.63. The van der Waals surface area contributed by atoms with Gasteiger partial charge in [-0.2, -0.15) is 15.0 Å². The number of nitrogens with zero attached hydrogens (tertiary/aromatic N) is 4. The number of nitrogen functional groups attached to an aromatic ring is 1. The largest absolute Gasteiger partial charge is 0.378 e. The van der Waals surface area contributed by atoms with Crippen molar-refractivity contribution in [1.29, 1.82) is 0 Å². The highest BCUT2D eigenvalue weighted by Crippen LogP contribution is 2.31. The molecule has 2 heterocycles. The summed E-state index contributed by atoms with van der Waals surface area (Å²) in [6.07, 6.45) is 3.93. The Morgan fingerprint density at radius 3 is 2.76 bits per heavy atom. The van der Waals surface area contributed by atoms with Crippen LogP contribution in [0.1, 0.15) is 26.2 Å². The Bertz CT molecular complexity index is 477. The second-order valence-corrected chi connectivity index (χ2v) is 5.97. The molecule has 1 saturated carbocycles. The summed E-state index contributed by atoms with van der Waals surface area (Å²) in [7, 11) is 0. The van der Waals surface area contributed by atoms with Gasteiger partial charge in [-0.3, -0.25) is 0 Å². The topological polar surface area (TPSA) is 89.2 Å². The summed E-state index contributed by atoms with van der Waals surface area (Å²) in [5.74, 6) is 2.98. The molecule has 1 saturated heterocycles. The van der Waals surface area contributed by atoms with Crippen molar-refractivity contribution in [3.05, 3.63) is 0 Å². The molecule has 2 fully saturated rings. The maximum absolute atomic E-state index is 5.82. The highest BCUT2D eigenvalue weighted by atomic mass is 16.5. The third-order valence-corrected chi connectivity index (χ3v) is 4.50. The molecular weight excluding hydrogens is 268 g/mol. The predicted octanol–water partition coefficient (Wildman–Crippen LogP) is 1.14. The summed E-state index contributed by atoms with van der Waals surface area (Å²) in [6, 6.07) is 0. The molecule has 0 radical (unpaired) electrons. The van der Waals surface area contributed by atoms with Gasteiger partial charge in [0.15, 0.2) is 0 Å². The van der Waals surface area contributed by atoms with Crippen LogP contribution in [-0.4, -0.2) is 47.8 Å². The summed E-state index contributed by atoms with van der Waals surface area (Å²) in [6.45, 7) is 6.22. The Morgan fingerprint density at radius 1 is 1.24 bits per heavy atom. The van der Waals surface area contributed by atoms with Crippen LogP contribution in [0.4, 0.5) is 17.8 Å². The molecule has 1 aliphatic carbocycles. The lowest BCUT2D eigenvalue weighted by Gasteiger charge is -2.27. The van der Waals surface area contributed by atoms with E-state index in [2.05, 4.69) is 32.1 Å². The summed E-state index contributed by atoms with van der Waals surface area (Å²) in [5.41, 5.74) is 5.82. The molecule has 3 N–H and O–H groups in total. The van der Waals surface area contributed by atoms with Crippen LogP contribution < -0.4 is 16.0 Å². The molecule has 3 rings (SSSR count). The van der Waals surface area contributed by atoms with E-state index in [4.69, 9.17) is 10.5 Å². The number of morpholine rings is 1. The van der Waals surface area contributed by atoms with Gasteiger partial charge < -0.3 is 20.7 Å². The average molecular weight is 292 g/mol. The van der Waals surface area contributed by atoms with Gasteiger partial charge in [-0.15, -0.1) is 0 Å². The first kappa shape index (κ1) is 14.3. The van der Waals surface area contributed by atoms with Crippen LogP contribution in [0.2, 0.25) is 0 Å². The monoisotopic (exact) mass is 292 g/mol. The highest BCUT2D eigenvalue weighted by Gasteiger charge is 2.23. The van der Waals surface area contributed by atoms with Crippen LogP contribution in [0.5, 0.6) is 0 Å². The number of rotatable bonds is 4. The Morgan fingerprint density at radius 2 is 2.05 bits per heavy atom. The summed E-state index contributed by atoms with van der Waals surface area (Å²) >= 11 is 0. The lowest BCUT2D eigenvalue weighted by Crippen LogP contribution is -2.37. The second kappa shape index (κ2) is 6.43. The SMILES string of the molecule is CC1CCCC1CNc1nc(N)nc(N2CCOCC2)n1. The van der Waals surface area contributed by atoms with Crippen molar-refractivity contribution in [2.45, 2.75) is 26.2 Å². The van der Waals surface area contributed by atoms with Gasteiger partial charge in [0.2, 0.25) is 17.8 Å².